The Bertz CT molecular complexity index is 658. The molecule has 108 valence electrons. The van der Waals surface area contributed by atoms with Crippen LogP contribution >= 0.6 is 11.3 Å². The Hall–Kier alpha value is -2.07. The van der Waals surface area contributed by atoms with Crippen molar-refractivity contribution in [3.8, 4) is 0 Å². The molecule has 0 aliphatic carbocycles. The van der Waals surface area contributed by atoms with Gasteiger partial charge in [0, 0.05) is 12.1 Å². The molecular weight excluding hydrogens is 278 g/mol. The van der Waals surface area contributed by atoms with Gasteiger partial charge in [-0.1, -0.05) is 30.3 Å². The molecule has 1 aromatic carbocycles. The van der Waals surface area contributed by atoms with Gasteiger partial charge in [-0.3, -0.25) is 0 Å². The van der Waals surface area contributed by atoms with E-state index >= 15 is 0 Å². The van der Waals surface area contributed by atoms with Crippen molar-refractivity contribution in [3.05, 3.63) is 70.5 Å². The summed E-state index contributed by atoms with van der Waals surface area (Å²) in [6.45, 7) is 3.00. The quantitative estimate of drug-likeness (QED) is 0.744. The van der Waals surface area contributed by atoms with Crippen LogP contribution in [0.15, 0.2) is 59.4 Å². The van der Waals surface area contributed by atoms with Crippen molar-refractivity contribution in [2.45, 2.75) is 25.9 Å². The van der Waals surface area contributed by atoms with Gasteiger partial charge in [0.1, 0.15) is 5.82 Å². The SMILES string of the molecule is CC(Cc1ccsc1)Nc1ccnn1Cc1ccccc1. The maximum atomic E-state index is 4.42. The molecule has 0 saturated heterocycles. The summed E-state index contributed by atoms with van der Waals surface area (Å²) in [4.78, 5) is 0. The standard InChI is InChI=1S/C17H19N3S/c1-14(11-16-8-10-21-13-16)19-17-7-9-18-20(17)12-15-5-3-2-4-6-15/h2-10,13-14,19H,11-12H2,1H3. The number of nitrogens with zero attached hydrogens (tertiary/aromatic N) is 2. The van der Waals surface area contributed by atoms with Gasteiger partial charge in [-0.25, -0.2) is 4.68 Å². The van der Waals surface area contributed by atoms with E-state index in [9.17, 15) is 0 Å². The molecule has 0 fully saturated rings. The zero-order chi connectivity index (χ0) is 14.5. The fraction of sp³-hybridized carbons (Fsp3) is 0.235. The zero-order valence-corrected chi connectivity index (χ0v) is 12.9. The largest absolute Gasteiger partial charge is 0.367 e. The number of rotatable bonds is 6. The zero-order valence-electron chi connectivity index (χ0n) is 12.1. The maximum absolute atomic E-state index is 4.42. The molecule has 1 N–H and O–H groups in total. The van der Waals surface area contributed by atoms with Crippen molar-refractivity contribution >= 4 is 17.2 Å². The molecule has 1 unspecified atom stereocenters. The van der Waals surface area contributed by atoms with Crippen LogP contribution in [0, 0.1) is 0 Å². The lowest BCUT2D eigenvalue weighted by atomic mass is 10.1. The predicted molar refractivity (Wildman–Crippen MR) is 88.9 cm³/mol. The van der Waals surface area contributed by atoms with Crippen LogP contribution < -0.4 is 5.32 Å². The van der Waals surface area contributed by atoms with Crippen LogP contribution in [-0.4, -0.2) is 15.8 Å². The first-order chi connectivity index (χ1) is 10.3. The fourth-order valence-corrected chi connectivity index (χ4v) is 3.08. The van der Waals surface area contributed by atoms with E-state index in [0.29, 0.717) is 6.04 Å². The summed E-state index contributed by atoms with van der Waals surface area (Å²) in [6, 6.07) is 15.0. The number of benzene rings is 1. The van der Waals surface area contributed by atoms with Gasteiger partial charge in [0.2, 0.25) is 0 Å². The van der Waals surface area contributed by atoms with Crippen LogP contribution in [0.4, 0.5) is 5.82 Å². The molecule has 0 aliphatic heterocycles. The van der Waals surface area contributed by atoms with E-state index < -0.39 is 0 Å². The van der Waals surface area contributed by atoms with Gasteiger partial charge in [0.15, 0.2) is 0 Å². The Labute approximate surface area is 129 Å². The van der Waals surface area contributed by atoms with Crippen LogP contribution in [0.2, 0.25) is 0 Å². The number of hydrogen-bond donors (Lipinski definition) is 1. The van der Waals surface area contributed by atoms with Crippen molar-refractivity contribution in [1.29, 1.82) is 0 Å². The Morgan fingerprint density at radius 3 is 2.76 bits per heavy atom. The smallest absolute Gasteiger partial charge is 0.124 e. The van der Waals surface area contributed by atoms with Gasteiger partial charge in [-0.15, -0.1) is 0 Å². The lowest BCUT2D eigenvalue weighted by Gasteiger charge is -2.16. The highest BCUT2D eigenvalue weighted by molar-refractivity contribution is 7.07. The van der Waals surface area contributed by atoms with E-state index in [4.69, 9.17) is 0 Å². The van der Waals surface area contributed by atoms with E-state index in [0.717, 1.165) is 18.8 Å². The van der Waals surface area contributed by atoms with Crippen molar-refractivity contribution in [3.63, 3.8) is 0 Å². The highest BCUT2D eigenvalue weighted by Crippen LogP contribution is 2.14. The highest BCUT2D eigenvalue weighted by atomic mass is 32.1. The molecule has 0 radical (unpaired) electrons. The second kappa shape index (κ2) is 6.59. The van der Waals surface area contributed by atoms with E-state index in [-0.39, 0.29) is 0 Å². The van der Waals surface area contributed by atoms with E-state index in [2.05, 4.69) is 58.4 Å². The fourth-order valence-electron chi connectivity index (χ4n) is 2.40. The molecule has 3 nitrogen and oxygen atoms in total. The maximum Gasteiger partial charge on any atom is 0.124 e. The Morgan fingerprint density at radius 2 is 2.00 bits per heavy atom. The van der Waals surface area contributed by atoms with Gasteiger partial charge in [-0.05, 0) is 41.3 Å². The molecule has 3 rings (SSSR count). The monoisotopic (exact) mass is 297 g/mol. The molecular formula is C17H19N3S. The van der Waals surface area contributed by atoms with Crippen molar-refractivity contribution in [1.82, 2.24) is 9.78 Å². The lowest BCUT2D eigenvalue weighted by Crippen LogP contribution is -2.20. The molecule has 2 heterocycles. The minimum Gasteiger partial charge on any atom is -0.367 e. The highest BCUT2D eigenvalue weighted by Gasteiger charge is 2.08. The normalized spacial score (nSPS) is 12.2. The van der Waals surface area contributed by atoms with Crippen LogP contribution in [0.5, 0.6) is 0 Å². The van der Waals surface area contributed by atoms with Gasteiger partial charge in [0.25, 0.3) is 0 Å². The Morgan fingerprint density at radius 1 is 1.14 bits per heavy atom. The molecule has 0 aliphatic rings. The Kier molecular flexibility index (Phi) is 4.36. The first-order valence-electron chi connectivity index (χ1n) is 7.14. The first-order valence-corrected chi connectivity index (χ1v) is 8.09. The average molecular weight is 297 g/mol. The van der Waals surface area contributed by atoms with Gasteiger partial charge >= 0.3 is 0 Å². The summed E-state index contributed by atoms with van der Waals surface area (Å²) in [7, 11) is 0. The molecule has 0 saturated carbocycles. The third-order valence-corrected chi connectivity index (χ3v) is 4.14. The third kappa shape index (κ3) is 3.73. The van der Waals surface area contributed by atoms with Crippen molar-refractivity contribution < 1.29 is 0 Å². The van der Waals surface area contributed by atoms with E-state index in [1.807, 2.05) is 23.0 Å². The summed E-state index contributed by atoms with van der Waals surface area (Å²) < 4.78 is 2.01. The summed E-state index contributed by atoms with van der Waals surface area (Å²) in [5.41, 5.74) is 2.64. The topological polar surface area (TPSA) is 29.9 Å². The van der Waals surface area contributed by atoms with Gasteiger partial charge < -0.3 is 5.32 Å². The number of aromatic nitrogens is 2. The molecule has 1 atom stereocenters. The van der Waals surface area contributed by atoms with Gasteiger partial charge in [-0.2, -0.15) is 16.4 Å². The number of anilines is 1. The molecule has 4 heteroatoms. The average Bonchev–Trinajstić information content (AvgIpc) is 3.13. The van der Waals surface area contributed by atoms with Crippen LogP contribution in [0.1, 0.15) is 18.1 Å². The first kappa shape index (κ1) is 13.9. The third-order valence-electron chi connectivity index (χ3n) is 3.41. The number of thiophene rings is 1. The molecule has 0 spiro atoms. The van der Waals surface area contributed by atoms with Crippen LogP contribution in [-0.2, 0) is 13.0 Å². The van der Waals surface area contributed by atoms with Crippen molar-refractivity contribution in [2.24, 2.45) is 0 Å². The second-order valence-corrected chi connectivity index (χ2v) is 6.02. The molecule has 0 amide bonds. The second-order valence-electron chi connectivity index (χ2n) is 5.24. The Balaban J connectivity index is 1.65. The predicted octanol–water partition coefficient (Wildman–Crippen LogP) is 4.04. The summed E-state index contributed by atoms with van der Waals surface area (Å²) in [5, 5.41) is 12.3. The van der Waals surface area contributed by atoms with Crippen LogP contribution in [0.25, 0.3) is 0 Å². The van der Waals surface area contributed by atoms with Crippen molar-refractivity contribution in [2.75, 3.05) is 5.32 Å². The molecule has 3 aromatic rings. The minimum atomic E-state index is 0.380. The number of nitrogens with one attached hydrogen (secondary N) is 1. The molecule has 2 aromatic heterocycles. The summed E-state index contributed by atoms with van der Waals surface area (Å²) in [6.07, 6.45) is 2.88. The van der Waals surface area contributed by atoms with Gasteiger partial charge in [0.05, 0.1) is 12.7 Å². The van der Waals surface area contributed by atoms with E-state index in [1.165, 1.54) is 11.1 Å². The summed E-state index contributed by atoms with van der Waals surface area (Å²) >= 11 is 1.75. The lowest BCUT2D eigenvalue weighted by molar-refractivity contribution is 0.675. The molecule has 0 bridgehead atoms. The van der Waals surface area contributed by atoms with E-state index in [1.54, 1.807) is 11.3 Å². The minimum absolute atomic E-state index is 0.380. The summed E-state index contributed by atoms with van der Waals surface area (Å²) in [5.74, 6) is 1.07. The molecule has 21 heavy (non-hydrogen) atoms. The number of hydrogen-bond acceptors (Lipinski definition) is 3. The van der Waals surface area contributed by atoms with Crippen LogP contribution in [0.3, 0.4) is 0 Å².